The van der Waals surface area contributed by atoms with E-state index >= 15 is 0 Å². The predicted octanol–water partition coefficient (Wildman–Crippen LogP) is 7.48. The summed E-state index contributed by atoms with van der Waals surface area (Å²) in [6.45, 7) is 0. The first-order valence-corrected chi connectivity index (χ1v) is 12.4. The van der Waals surface area contributed by atoms with Crippen LogP contribution in [0.1, 0.15) is 36.8 Å². The molecule has 0 aliphatic heterocycles. The van der Waals surface area contributed by atoms with Gasteiger partial charge in [0.2, 0.25) is 0 Å². The van der Waals surface area contributed by atoms with Crippen molar-refractivity contribution in [1.82, 2.24) is 0 Å². The van der Waals surface area contributed by atoms with Crippen molar-refractivity contribution in [3.8, 4) is 11.5 Å². The molecule has 4 aromatic rings. The van der Waals surface area contributed by atoms with Gasteiger partial charge in [-0.25, -0.2) is 0 Å². The van der Waals surface area contributed by atoms with E-state index < -0.39 is 0 Å². The molecule has 0 saturated heterocycles. The summed E-state index contributed by atoms with van der Waals surface area (Å²) in [6.07, 6.45) is 6.37. The van der Waals surface area contributed by atoms with Crippen LogP contribution in [0.5, 0.6) is 11.5 Å². The first-order chi connectivity index (χ1) is 15.2. The van der Waals surface area contributed by atoms with Crippen molar-refractivity contribution >= 4 is 33.3 Å². The Morgan fingerprint density at radius 1 is 0.516 bits per heavy atom. The molecule has 4 aromatic carbocycles. The molecule has 3 heteroatoms. The molecule has 0 amide bonds. The summed E-state index contributed by atoms with van der Waals surface area (Å²) in [5.74, 6) is 3.15. The van der Waals surface area contributed by atoms with Crippen LogP contribution >= 0.6 is 11.8 Å². The van der Waals surface area contributed by atoms with Crippen LogP contribution in [0.15, 0.2) is 72.8 Å². The number of phenolic OH excluding ortho intramolecular Hbond substituents is 2. The highest BCUT2D eigenvalue weighted by molar-refractivity contribution is 7.99. The summed E-state index contributed by atoms with van der Waals surface area (Å²) in [7, 11) is 0. The van der Waals surface area contributed by atoms with Crippen LogP contribution in [0.4, 0.5) is 0 Å². The molecule has 4 rings (SSSR count). The summed E-state index contributed by atoms with van der Waals surface area (Å²) in [4.78, 5) is 0. The number of fused-ring (bicyclic) bond motifs is 2. The zero-order valence-corrected chi connectivity index (χ0v) is 18.7. The smallest absolute Gasteiger partial charge is 0.119 e. The molecule has 2 nitrogen and oxygen atoms in total. The SMILES string of the molecule is Oc1ccc2ccccc2c1CCCCSCCCCc1c(O)ccc2ccccc12. The molecular formula is C28H30O2S. The van der Waals surface area contributed by atoms with E-state index in [1.807, 2.05) is 60.3 Å². The van der Waals surface area contributed by atoms with Gasteiger partial charge in [0.05, 0.1) is 0 Å². The standard InChI is InChI=1S/C28H30O2S/c29-27-17-15-21-9-1-3-11-23(21)25(27)13-5-7-19-31-20-8-6-14-26-24-12-4-2-10-22(24)16-18-28(26)30/h1-4,9-12,15-18,29-30H,5-8,13-14,19-20H2. The van der Waals surface area contributed by atoms with Crippen LogP contribution in [-0.2, 0) is 12.8 Å². The molecule has 0 unspecified atom stereocenters. The van der Waals surface area contributed by atoms with Crippen molar-refractivity contribution in [2.75, 3.05) is 11.5 Å². The summed E-state index contributed by atoms with van der Waals surface area (Å²) >= 11 is 2.01. The van der Waals surface area contributed by atoms with E-state index in [1.54, 1.807) is 0 Å². The molecule has 0 fully saturated rings. The Kier molecular flexibility index (Phi) is 7.37. The van der Waals surface area contributed by atoms with Gasteiger partial charge in [0, 0.05) is 11.1 Å². The lowest BCUT2D eigenvalue weighted by Crippen LogP contribution is -1.93. The molecular weight excluding hydrogens is 400 g/mol. The third-order valence-electron chi connectivity index (χ3n) is 5.96. The number of aryl methyl sites for hydroxylation is 2. The molecule has 0 aliphatic rings. The molecule has 0 aromatic heterocycles. The minimum atomic E-state index is 0.419. The fourth-order valence-electron chi connectivity index (χ4n) is 4.29. The van der Waals surface area contributed by atoms with Gasteiger partial charge in [-0.15, -0.1) is 0 Å². The van der Waals surface area contributed by atoms with Gasteiger partial charge in [0.25, 0.3) is 0 Å². The lowest BCUT2D eigenvalue weighted by molar-refractivity contribution is 0.468. The van der Waals surface area contributed by atoms with Crippen LogP contribution in [0.2, 0.25) is 0 Å². The van der Waals surface area contributed by atoms with Crippen LogP contribution < -0.4 is 0 Å². The number of benzene rings is 4. The maximum absolute atomic E-state index is 10.3. The fourth-order valence-corrected chi connectivity index (χ4v) is 5.31. The van der Waals surface area contributed by atoms with Gasteiger partial charge in [0.15, 0.2) is 0 Å². The molecule has 0 heterocycles. The maximum Gasteiger partial charge on any atom is 0.119 e. The molecule has 2 N–H and O–H groups in total. The quantitative estimate of drug-likeness (QED) is 0.256. The highest BCUT2D eigenvalue weighted by Gasteiger charge is 2.08. The summed E-state index contributed by atoms with van der Waals surface area (Å²) in [5, 5.41) is 25.3. The third kappa shape index (κ3) is 5.34. The zero-order valence-electron chi connectivity index (χ0n) is 17.9. The number of thioether (sulfide) groups is 1. The fraction of sp³-hybridized carbons (Fsp3) is 0.286. The summed E-state index contributed by atoms with van der Waals surface area (Å²) < 4.78 is 0. The molecule has 160 valence electrons. The van der Waals surface area contributed by atoms with Gasteiger partial charge in [-0.05, 0) is 83.7 Å². The Bertz CT molecular complexity index is 1060. The van der Waals surface area contributed by atoms with Gasteiger partial charge in [-0.2, -0.15) is 11.8 Å². The minimum absolute atomic E-state index is 0.419. The van der Waals surface area contributed by atoms with Gasteiger partial charge in [-0.1, -0.05) is 60.7 Å². The Morgan fingerprint density at radius 2 is 0.968 bits per heavy atom. The van der Waals surface area contributed by atoms with Crippen LogP contribution in [0.25, 0.3) is 21.5 Å². The van der Waals surface area contributed by atoms with E-state index in [9.17, 15) is 10.2 Å². The van der Waals surface area contributed by atoms with E-state index in [0.29, 0.717) is 11.5 Å². The number of rotatable bonds is 10. The number of phenols is 2. The predicted molar refractivity (Wildman–Crippen MR) is 134 cm³/mol. The van der Waals surface area contributed by atoms with E-state index in [0.717, 1.165) is 61.2 Å². The van der Waals surface area contributed by atoms with Gasteiger partial charge in [-0.3, -0.25) is 0 Å². The van der Waals surface area contributed by atoms with Crippen molar-refractivity contribution in [2.45, 2.75) is 38.5 Å². The minimum Gasteiger partial charge on any atom is -0.508 e. The Hall–Kier alpha value is -2.65. The second-order valence-electron chi connectivity index (χ2n) is 8.10. The Balaban J connectivity index is 1.16. The van der Waals surface area contributed by atoms with E-state index in [2.05, 4.69) is 24.3 Å². The second kappa shape index (κ2) is 10.6. The Morgan fingerprint density at radius 3 is 1.45 bits per heavy atom. The van der Waals surface area contributed by atoms with Gasteiger partial charge >= 0.3 is 0 Å². The lowest BCUT2D eigenvalue weighted by Gasteiger charge is -2.10. The first kappa shape index (κ1) is 21.6. The average Bonchev–Trinajstić information content (AvgIpc) is 2.80. The third-order valence-corrected chi connectivity index (χ3v) is 7.12. The molecule has 0 radical (unpaired) electrons. The highest BCUT2D eigenvalue weighted by atomic mass is 32.2. The van der Waals surface area contributed by atoms with Gasteiger partial charge < -0.3 is 10.2 Å². The largest absolute Gasteiger partial charge is 0.508 e. The molecule has 0 saturated carbocycles. The molecule has 0 spiro atoms. The summed E-state index contributed by atoms with van der Waals surface area (Å²) in [5.41, 5.74) is 2.16. The zero-order chi connectivity index (χ0) is 21.5. The normalized spacial score (nSPS) is 11.4. The van der Waals surface area contributed by atoms with Crippen molar-refractivity contribution in [1.29, 1.82) is 0 Å². The van der Waals surface area contributed by atoms with Crippen molar-refractivity contribution in [2.24, 2.45) is 0 Å². The van der Waals surface area contributed by atoms with Crippen molar-refractivity contribution in [3.05, 3.63) is 83.9 Å². The first-order valence-electron chi connectivity index (χ1n) is 11.2. The van der Waals surface area contributed by atoms with Crippen molar-refractivity contribution < 1.29 is 10.2 Å². The number of hydrogen-bond acceptors (Lipinski definition) is 3. The molecule has 0 aliphatic carbocycles. The van der Waals surface area contributed by atoms with Gasteiger partial charge in [0.1, 0.15) is 11.5 Å². The Labute approximate surface area is 188 Å². The molecule has 0 bridgehead atoms. The number of aromatic hydroxyl groups is 2. The average molecular weight is 431 g/mol. The molecule has 31 heavy (non-hydrogen) atoms. The number of unbranched alkanes of at least 4 members (excludes halogenated alkanes) is 2. The lowest BCUT2D eigenvalue weighted by atomic mass is 9.99. The van der Waals surface area contributed by atoms with Crippen LogP contribution in [0, 0.1) is 0 Å². The maximum atomic E-state index is 10.3. The van der Waals surface area contributed by atoms with E-state index in [1.165, 1.54) is 21.5 Å². The van der Waals surface area contributed by atoms with Crippen molar-refractivity contribution in [3.63, 3.8) is 0 Å². The van der Waals surface area contributed by atoms with Crippen LogP contribution in [0.3, 0.4) is 0 Å². The van der Waals surface area contributed by atoms with E-state index in [-0.39, 0.29) is 0 Å². The van der Waals surface area contributed by atoms with E-state index in [4.69, 9.17) is 0 Å². The highest BCUT2D eigenvalue weighted by Crippen LogP contribution is 2.30. The topological polar surface area (TPSA) is 40.5 Å². The second-order valence-corrected chi connectivity index (χ2v) is 9.32. The number of hydrogen-bond donors (Lipinski definition) is 2. The molecule has 0 atom stereocenters. The summed E-state index contributed by atoms with van der Waals surface area (Å²) in [6, 6.07) is 24.2. The van der Waals surface area contributed by atoms with Crippen LogP contribution in [-0.4, -0.2) is 21.7 Å². The monoisotopic (exact) mass is 430 g/mol.